The van der Waals surface area contributed by atoms with Crippen LogP contribution in [0.15, 0.2) is 24.3 Å². The Morgan fingerprint density at radius 3 is 2.82 bits per heavy atom. The molecule has 0 unspecified atom stereocenters. The van der Waals surface area contributed by atoms with E-state index in [1.807, 2.05) is 0 Å². The highest BCUT2D eigenvalue weighted by molar-refractivity contribution is 7.09. The first-order valence-electron chi connectivity index (χ1n) is 5.74. The highest BCUT2D eigenvalue weighted by Crippen LogP contribution is 2.25. The summed E-state index contributed by atoms with van der Waals surface area (Å²) in [5, 5.41) is 0.930. The quantitative estimate of drug-likeness (QED) is 0.837. The van der Waals surface area contributed by atoms with Crippen LogP contribution < -0.4 is 10.6 Å². The first-order chi connectivity index (χ1) is 8.33. The minimum absolute atomic E-state index is 0.377. The van der Waals surface area contributed by atoms with E-state index >= 15 is 0 Å². The van der Waals surface area contributed by atoms with Gasteiger partial charge in [0.15, 0.2) is 0 Å². The molecule has 2 N–H and O–H groups in total. The van der Waals surface area contributed by atoms with E-state index in [1.165, 1.54) is 22.7 Å². The first kappa shape index (κ1) is 10.5. The van der Waals surface area contributed by atoms with Crippen molar-refractivity contribution >= 4 is 22.6 Å². The second kappa shape index (κ2) is 4.33. The SMILES string of the molecule is Nc1nsc(N2CCCc3ccccc3C2)n1. The van der Waals surface area contributed by atoms with Crippen LogP contribution >= 0.6 is 11.5 Å². The van der Waals surface area contributed by atoms with E-state index in [-0.39, 0.29) is 0 Å². The minimum atomic E-state index is 0.377. The van der Waals surface area contributed by atoms with Crippen molar-refractivity contribution in [3.63, 3.8) is 0 Å². The highest BCUT2D eigenvalue weighted by Gasteiger charge is 2.17. The molecule has 17 heavy (non-hydrogen) atoms. The number of fused-ring (bicyclic) bond motifs is 1. The molecule has 0 saturated carbocycles. The van der Waals surface area contributed by atoms with E-state index < -0.39 is 0 Å². The fourth-order valence-electron chi connectivity index (χ4n) is 2.22. The van der Waals surface area contributed by atoms with E-state index in [4.69, 9.17) is 5.73 Å². The monoisotopic (exact) mass is 246 g/mol. The zero-order valence-corrected chi connectivity index (χ0v) is 10.3. The molecular formula is C12H14N4S. The van der Waals surface area contributed by atoms with Crippen LogP contribution in [0.2, 0.25) is 0 Å². The summed E-state index contributed by atoms with van der Waals surface area (Å²) in [6.07, 6.45) is 2.29. The van der Waals surface area contributed by atoms with Gasteiger partial charge >= 0.3 is 0 Å². The lowest BCUT2D eigenvalue weighted by Crippen LogP contribution is -2.22. The maximum atomic E-state index is 5.58. The standard InChI is InChI=1S/C12H14N4S/c13-11-14-12(17-15-11)16-7-3-6-9-4-1-2-5-10(9)8-16/h1-2,4-5H,3,6-8H2,(H2,13,15). The molecule has 0 fully saturated rings. The van der Waals surface area contributed by atoms with Gasteiger partial charge in [-0.15, -0.1) is 0 Å². The minimum Gasteiger partial charge on any atom is -0.367 e. The Morgan fingerprint density at radius 1 is 1.24 bits per heavy atom. The van der Waals surface area contributed by atoms with Crippen molar-refractivity contribution in [1.82, 2.24) is 9.36 Å². The molecule has 0 radical (unpaired) electrons. The molecule has 88 valence electrons. The van der Waals surface area contributed by atoms with E-state index in [9.17, 15) is 0 Å². The number of anilines is 2. The third-order valence-corrected chi connectivity index (χ3v) is 3.85. The third-order valence-electron chi connectivity index (χ3n) is 3.06. The largest absolute Gasteiger partial charge is 0.367 e. The van der Waals surface area contributed by atoms with Gasteiger partial charge in [-0.1, -0.05) is 24.3 Å². The number of rotatable bonds is 1. The molecule has 1 aromatic heterocycles. The van der Waals surface area contributed by atoms with E-state index in [1.54, 1.807) is 0 Å². The van der Waals surface area contributed by atoms with Gasteiger partial charge < -0.3 is 10.6 Å². The second-order valence-corrected chi connectivity index (χ2v) is 4.96. The molecule has 4 nitrogen and oxygen atoms in total. The topological polar surface area (TPSA) is 55.0 Å². The Labute approximate surface area is 104 Å². The Hall–Kier alpha value is -1.62. The molecule has 5 heteroatoms. The molecule has 0 saturated heterocycles. The van der Waals surface area contributed by atoms with Crippen molar-refractivity contribution < 1.29 is 0 Å². The number of hydrogen-bond donors (Lipinski definition) is 1. The molecule has 0 bridgehead atoms. The van der Waals surface area contributed by atoms with Crippen LogP contribution in [0.4, 0.5) is 11.1 Å². The van der Waals surface area contributed by atoms with Crippen molar-refractivity contribution in [2.75, 3.05) is 17.2 Å². The van der Waals surface area contributed by atoms with Crippen LogP contribution in [0.3, 0.4) is 0 Å². The molecular weight excluding hydrogens is 232 g/mol. The van der Waals surface area contributed by atoms with Gasteiger partial charge in [-0.25, -0.2) is 0 Å². The fraction of sp³-hybridized carbons (Fsp3) is 0.333. The van der Waals surface area contributed by atoms with Crippen LogP contribution in [0.1, 0.15) is 17.5 Å². The summed E-state index contributed by atoms with van der Waals surface area (Å²) in [6, 6.07) is 8.61. The number of aromatic nitrogens is 2. The molecule has 0 spiro atoms. The molecule has 0 aliphatic carbocycles. The lowest BCUT2D eigenvalue weighted by Gasteiger charge is -2.18. The zero-order valence-electron chi connectivity index (χ0n) is 9.47. The Balaban J connectivity index is 1.90. The van der Waals surface area contributed by atoms with Crippen LogP contribution in [0.25, 0.3) is 0 Å². The normalized spacial score (nSPS) is 15.4. The predicted octanol–water partition coefficient (Wildman–Crippen LogP) is 2.07. The maximum Gasteiger partial charge on any atom is 0.233 e. The van der Waals surface area contributed by atoms with Crippen molar-refractivity contribution in [2.24, 2.45) is 0 Å². The number of nitrogens with two attached hydrogens (primary N) is 1. The molecule has 2 heterocycles. The summed E-state index contributed by atoms with van der Waals surface area (Å²) in [6.45, 7) is 1.92. The predicted molar refractivity (Wildman–Crippen MR) is 70.1 cm³/mol. The van der Waals surface area contributed by atoms with E-state index in [0.29, 0.717) is 5.95 Å². The van der Waals surface area contributed by atoms with Crippen molar-refractivity contribution in [3.8, 4) is 0 Å². The average Bonchev–Trinajstić information content (AvgIpc) is 2.65. The Kier molecular flexibility index (Phi) is 2.68. The zero-order chi connectivity index (χ0) is 11.7. The molecule has 2 aromatic rings. The molecule has 1 aromatic carbocycles. The van der Waals surface area contributed by atoms with E-state index in [2.05, 4.69) is 38.5 Å². The van der Waals surface area contributed by atoms with Crippen molar-refractivity contribution in [3.05, 3.63) is 35.4 Å². The number of aryl methyl sites for hydroxylation is 1. The summed E-state index contributed by atoms with van der Waals surface area (Å²) >= 11 is 1.38. The van der Waals surface area contributed by atoms with E-state index in [0.717, 1.165) is 31.1 Å². The summed E-state index contributed by atoms with van der Waals surface area (Å²) in [5.74, 6) is 0.377. The summed E-state index contributed by atoms with van der Waals surface area (Å²) < 4.78 is 4.05. The van der Waals surface area contributed by atoms with Gasteiger partial charge in [0, 0.05) is 24.6 Å². The summed E-state index contributed by atoms with van der Waals surface area (Å²) in [7, 11) is 0. The number of nitrogens with zero attached hydrogens (tertiary/aromatic N) is 3. The van der Waals surface area contributed by atoms with Crippen LogP contribution in [-0.2, 0) is 13.0 Å². The average molecular weight is 246 g/mol. The van der Waals surface area contributed by atoms with Crippen molar-refractivity contribution in [2.45, 2.75) is 19.4 Å². The van der Waals surface area contributed by atoms with Gasteiger partial charge in [-0.05, 0) is 24.0 Å². The number of nitrogen functional groups attached to an aromatic ring is 1. The summed E-state index contributed by atoms with van der Waals surface area (Å²) in [4.78, 5) is 6.52. The smallest absolute Gasteiger partial charge is 0.233 e. The van der Waals surface area contributed by atoms with Crippen molar-refractivity contribution in [1.29, 1.82) is 0 Å². The second-order valence-electron chi connectivity index (χ2n) is 4.23. The molecule has 3 rings (SSSR count). The van der Waals surface area contributed by atoms with Crippen LogP contribution in [0.5, 0.6) is 0 Å². The van der Waals surface area contributed by atoms with Gasteiger partial charge in [0.25, 0.3) is 0 Å². The van der Waals surface area contributed by atoms with Gasteiger partial charge in [-0.2, -0.15) is 9.36 Å². The van der Waals surface area contributed by atoms with Gasteiger partial charge in [0.1, 0.15) is 0 Å². The molecule has 1 aliphatic heterocycles. The fourth-order valence-corrected chi connectivity index (χ4v) is 2.84. The first-order valence-corrected chi connectivity index (χ1v) is 6.51. The van der Waals surface area contributed by atoms with Crippen LogP contribution in [-0.4, -0.2) is 15.9 Å². The number of benzene rings is 1. The molecule has 0 amide bonds. The van der Waals surface area contributed by atoms with Gasteiger partial charge in [0.05, 0.1) is 0 Å². The third kappa shape index (κ3) is 2.10. The Bertz CT molecular complexity index is 523. The van der Waals surface area contributed by atoms with Gasteiger partial charge in [-0.3, -0.25) is 0 Å². The maximum absolute atomic E-state index is 5.58. The van der Waals surface area contributed by atoms with Crippen LogP contribution in [0, 0.1) is 0 Å². The van der Waals surface area contributed by atoms with Gasteiger partial charge in [0.2, 0.25) is 11.1 Å². The summed E-state index contributed by atoms with van der Waals surface area (Å²) in [5.41, 5.74) is 8.42. The highest BCUT2D eigenvalue weighted by atomic mass is 32.1. The molecule has 0 atom stereocenters. The lowest BCUT2D eigenvalue weighted by atomic mass is 10.0. The lowest BCUT2D eigenvalue weighted by molar-refractivity contribution is 0.763. The Morgan fingerprint density at radius 2 is 2.06 bits per heavy atom. The molecule has 1 aliphatic rings. The number of hydrogen-bond acceptors (Lipinski definition) is 5.